The average molecular weight is 388 g/mol. The van der Waals surface area contributed by atoms with Gasteiger partial charge in [-0.3, -0.25) is 19.7 Å². The number of halogens is 1. The third kappa shape index (κ3) is 5.45. The van der Waals surface area contributed by atoms with E-state index in [1.165, 1.54) is 18.2 Å². The van der Waals surface area contributed by atoms with E-state index in [1.807, 2.05) is 0 Å². The first-order chi connectivity index (χ1) is 12.9. The number of para-hydroxylation sites is 1. The van der Waals surface area contributed by atoms with Crippen molar-refractivity contribution in [2.24, 2.45) is 5.73 Å². The summed E-state index contributed by atoms with van der Waals surface area (Å²) in [6, 6.07) is 10.2. The summed E-state index contributed by atoms with van der Waals surface area (Å²) >= 11 is 5.70. The van der Waals surface area contributed by atoms with Crippen molar-refractivity contribution in [2.75, 3.05) is 13.2 Å². The number of primary amides is 1. The highest BCUT2D eigenvalue weighted by molar-refractivity contribution is 6.32. The molecule has 0 saturated carbocycles. The van der Waals surface area contributed by atoms with Crippen LogP contribution in [0, 0.1) is 22.0 Å². The van der Waals surface area contributed by atoms with Crippen molar-refractivity contribution in [3.05, 3.63) is 68.7 Å². The van der Waals surface area contributed by atoms with Crippen LogP contribution in [0.4, 0.5) is 5.69 Å². The fourth-order valence-corrected chi connectivity index (χ4v) is 2.23. The summed E-state index contributed by atoms with van der Waals surface area (Å²) in [6.45, 7) is 0.00264. The Balaban J connectivity index is 1.87. The van der Waals surface area contributed by atoms with Gasteiger partial charge in [0, 0.05) is 11.6 Å². The first-order valence-electron chi connectivity index (χ1n) is 7.59. The molecule has 2 aromatic carbocycles. The Morgan fingerprint density at radius 2 is 1.96 bits per heavy atom. The second-order valence-corrected chi connectivity index (χ2v) is 5.52. The van der Waals surface area contributed by atoms with Gasteiger partial charge in [-0.2, -0.15) is 0 Å². The number of nitro groups is 1. The minimum Gasteiger partial charge on any atom is -0.480 e. The zero-order chi connectivity index (χ0) is 19.8. The molecule has 0 aliphatic carbocycles. The van der Waals surface area contributed by atoms with Crippen LogP contribution in [0.2, 0.25) is 5.02 Å². The van der Waals surface area contributed by atoms with Crippen LogP contribution in [0.15, 0.2) is 42.5 Å². The minimum absolute atomic E-state index is 0.00736. The van der Waals surface area contributed by atoms with Crippen molar-refractivity contribution in [3.63, 3.8) is 0 Å². The highest BCUT2D eigenvalue weighted by Crippen LogP contribution is 2.24. The maximum Gasteiger partial charge on any atom is 0.288 e. The van der Waals surface area contributed by atoms with Crippen molar-refractivity contribution in [1.82, 2.24) is 5.32 Å². The minimum atomic E-state index is -0.666. The summed E-state index contributed by atoms with van der Waals surface area (Å²) in [7, 11) is 0. The molecule has 0 spiro atoms. The van der Waals surface area contributed by atoms with Crippen LogP contribution < -0.4 is 15.8 Å². The van der Waals surface area contributed by atoms with E-state index in [-0.39, 0.29) is 35.0 Å². The summed E-state index contributed by atoms with van der Waals surface area (Å²) in [5.41, 5.74) is 5.23. The lowest BCUT2D eigenvalue weighted by atomic mass is 10.2. The van der Waals surface area contributed by atoms with Crippen molar-refractivity contribution in [3.8, 4) is 17.6 Å². The number of ether oxygens (including phenoxy) is 1. The van der Waals surface area contributed by atoms with Crippen LogP contribution >= 0.6 is 11.6 Å². The molecule has 2 aromatic rings. The highest BCUT2D eigenvalue weighted by Gasteiger charge is 2.15. The van der Waals surface area contributed by atoms with Gasteiger partial charge in [0.25, 0.3) is 17.5 Å². The normalized spacial score (nSPS) is 9.67. The molecule has 0 aromatic heterocycles. The number of amides is 2. The molecule has 0 radical (unpaired) electrons. The molecular weight excluding hydrogens is 374 g/mol. The molecule has 0 atom stereocenters. The Hall–Kier alpha value is -3.57. The molecule has 0 fully saturated rings. The molecule has 0 unspecified atom stereocenters. The summed E-state index contributed by atoms with van der Waals surface area (Å²) in [5, 5.41) is 13.3. The molecule has 2 rings (SSSR count). The molecule has 0 saturated heterocycles. The van der Waals surface area contributed by atoms with Crippen molar-refractivity contribution in [1.29, 1.82) is 0 Å². The lowest BCUT2D eigenvalue weighted by Crippen LogP contribution is -2.23. The van der Waals surface area contributed by atoms with E-state index in [4.69, 9.17) is 22.1 Å². The molecule has 0 aliphatic heterocycles. The van der Waals surface area contributed by atoms with Crippen molar-refractivity contribution < 1.29 is 19.2 Å². The summed E-state index contributed by atoms with van der Waals surface area (Å²) in [6.07, 6.45) is 0. The van der Waals surface area contributed by atoms with Gasteiger partial charge in [0.1, 0.15) is 17.4 Å². The summed E-state index contributed by atoms with van der Waals surface area (Å²) in [4.78, 5) is 33.4. The van der Waals surface area contributed by atoms with Crippen LogP contribution in [0.1, 0.15) is 20.7 Å². The zero-order valence-corrected chi connectivity index (χ0v) is 14.7. The number of nitro benzene ring substituents is 1. The molecule has 27 heavy (non-hydrogen) atoms. The first kappa shape index (κ1) is 19.8. The molecule has 0 aliphatic rings. The zero-order valence-electron chi connectivity index (χ0n) is 13.9. The Labute approximate surface area is 159 Å². The lowest BCUT2D eigenvalue weighted by molar-refractivity contribution is -0.384. The predicted octanol–water partition coefficient (Wildman–Crippen LogP) is 2.16. The number of hydrogen-bond donors (Lipinski definition) is 2. The molecule has 8 nitrogen and oxygen atoms in total. The number of carbonyl (C=O) groups excluding carboxylic acids is 2. The molecular formula is C18H14ClN3O5. The van der Waals surface area contributed by atoms with Gasteiger partial charge < -0.3 is 15.8 Å². The van der Waals surface area contributed by atoms with Crippen molar-refractivity contribution in [2.45, 2.75) is 0 Å². The van der Waals surface area contributed by atoms with Gasteiger partial charge in [0.2, 0.25) is 0 Å². The Morgan fingerprint density at radius 1 is 1.22 bits per heavy atom. The van der Waals surface area contributed by atoms with Gasteiger partial charge in [0.05, 0.1) is 17.0 Å². The van der Waals surface area contributed by atoms with Gasteiger partial charge in [0.15, 0.2) is 0 Å². The standard InChI is InChI=1S/C18H14ClN3O5/c19-14-8-7-12(11-15(14)22(25)26)18(24)21-9-3-4-10-27-16-6-2-1-5-13(16)17(20)23/h1-2,5-8,11H,9-10H2,(H2,20,23)(H,21,24). The van der Waals surface area contributed by atoms with E-state index in [1.54, 1.807) is 18.2 Å². The number of carbonyl (C=O) groups is 2. The third-order valence-electron chi connectivity index (χ3n) is 3.32. The maximum atomic E-state index is 12.0. The highest BCUT2D eigenvalue weighted by atomic mass is 35.5. The number of nitrogens with two attached hydrogens (primary N) is 1. The van der Waals surface area contributed by atoms with E-state index in [9.17, 15) is 19.7 Å². The van der Waals surface area contributed by atoms with E-state index in [0.29, 0.717) is 5.75 Å². The molecule has 2 amide bonds. The van der Waals surface area contributed by atoms with E-state index in [0.717, 1.165) is 6.07 Å². The smallest absolute Gasteiger partial charge is 0.288 e. The Bertz CT molecular complexity index is 949. The fraction of sp³-hybridized carbons (Fsp3) is 0.111. The van der Waals surface area contributed by atoms with Gasteiger partial charge >= 0.3 is 0 Å². The SMILES string of the molecule is NC(=O)c1ccccc1OCC#CCNC(=O)c1ccc(Cl)c([N+](=O)[O-])c1. The first-order valence-corrected chi connectivity index (χ1v) is 7.97. The Kier molecular flexibility index (Phi) is 6.74. The second kappa shape index (κ2) is 9.22. The molecule has 3 N–H and O–H groups in total. The van der Waals surface area contributed by atoms with Gasteiger partial charge in [-0.1, -0.05) is 35.6 Å². The summed E-state index contributed by atoms with van der Waals surface area (Å²) in [5.74, 6) is 4.53. The third-order valence-corrected chi connectivity index (χ3v) is 3.64. The van der Waals surface area contributed by atoms with Gasteiger partial charge in [-0.15, -0.1) is 0 Å². The van der Waals surface area contributed by atoms with Crippen molar-refractivity contribution >= 4 is 29.1 Å². The quantitative estimate of drug-likeness (QED) is 0.446. The maximum absolute atomic E-state index is 12.0. The van der Waals surface area contributed by atoms with Crippen LogP contribution in [0.25, 0.3) is 0 Å². The van der Waals surface area contributed by atoms with Crippen LogP contribution in [0.5, 0.6) is 5.75 Å². The molecule has 0 bridgehead atoms. The number of nitrogens with one attached hydrogen (secondary N) is 1. The topological polar surface area (TPSA) is 125 Å². The van der Waals surface area contributed by atoms with E-state index < -0.39 is 16.7 Å². The van der Waals surface area contributed by atoms with Crippen LogP contribution in [0.3, 0.4) is 0 Å². The number of rotatable bonds is 6. The van der Waals surface area contributed by atoms with E-state index >= 15 is 0 Å². The Morgan fingerprint density at radius 3 is 2.67 bits per heavy atom. The fourth-order valence-electron chi connectivity index (χ4n) is 2.04. The van der Waals surface area contributed by atoms with Gasteiger partial charge in [-0.25, -0.2) is 0 Å². The molecule has 0 heterocycles. The number of nitrogens with zero attached hydrogens (tertiary/aromatic N) is 1. The summed E-state index contributed by atoms with van der Waals surface area (Å²) < 4.78 is 5.37. The average Bonchev–Trinajstić information content (AvgIpc) is 2.64. The number of benzene rings is 2. The largest absolute Gasteiger partial charge is 0.480 e. The lowest BCUT2D eigenvalue weighted by Gasteiger charge is -2.05. The van der Waals surface area contributed by atoms with Crippen LogP contribution in [-0.4, -0.2) is 29.9 Å². The van der Waals surface area contributed by atoms with Crippen LogP contribution in [-0.2, 0) is 0 Å². The second-order valence-electron chi connectivity index (χ2n) is 5.11. The monoisotopic (exact) mass is 387 g/mol. The number of hydrogen-bond acceptors (Lipinski definition) is 5. The molecule has 9 heteroatoms. The van der Waals surface area contributed by atoms with E-state index in [2.05, 4.69) is 17.2 Å². The predicted molar refractivity (Wildman–Crippen MR) is 98.7 cm³/mol. The van der Waals surface area contributed by atoms with Gasteiger partial charge in [-0.05, 0) is 24.3 Å². The molecule has 138 valence electrons.